The summed E-state index contributed by atoms with van der Waals surface area (Å²) in [5, 5.41) is 7.46. The first-order chi connectivity index (χ1) is 18.8. The zero-order valence-electron chi connectivity index (χ0n) is 21.5. The molecule has 5 heterocycles. The van der Waals surface area contributed by atoms with Gasteiger partial charge >= 0.3 is 0 Å². The fraction of sp³-hybridized carbons (Fsp3) is 0.545. The maximum Gasteiger partial charge on any atom is 0.245 e. The monoisotopic (exact) mass is 565 g/mol. The van der Waals surface area contributed by atoms with Gasteiger partial charge in [-0.15, -0.1) is 10.2 Å². The Labute approximate surface area is 223 Å². The van der Waals surface area contributed by atoms with Crippen molar-refractivity contribution in [2.24, 2.45) is 0 Å². The molecule has 0 amide bonds. The van der Waals surface area contributed by atoms with Gasteiger partial charge in [0.2, 0.25) is 33.7 Å². The van der Waals surface area contributed by atoms with Crippen LogP contribution in [0, 0.1) is 5.82 Å². The molecule has 3 aromatic rings. The first-order valence-corrected chi connectivity index (χ1v) is 13.7. The summed E-state index contributed by atoms with van der Waals surface area (Å²) in [5.74, 6) is 0.0728. The molecule has 3 atom stereocenters. The van der Waals surface area contributed by atoms with Crippen LogP contribution < -0.4 is 19.1 Å². The van der Waals surface area contributed by atoms with Gasteiger partial charge in [-0.25, -0.2) is 22.8 Å². The number of aromatic nitrogens is 7. The third-order valence-electron chi connectivity index (χ3n) is 6.54. The third kappa shape index (κ3) is 5.41. The fourth-order valence-corrected chi connectivity index (χ4v) is 6.05. The molecule has 2 fully saturated rings. The molecule has 17 heteroatoms. The van der Waals surface area contributed by atoms with Gasteiger partial charge in [0.15, 0.2) is 17.3 Å². The zero-order chi connectivity index (χ0) is 27.6. The Bertz CT molecular complexity index is 1380. The third-order valence-corrected chi connectivity index (χ3v) is 8.23. The Kier molecular flexibility index (Phi) is 7.72. The summed E-state index contributed by atoms with van der Waals surface area (Å²) in [7, 11) is 0.241. The summed E-state index contributed by atoms with van der Waals surface area (Å²) in [6.45, 7) is 0.901. The molecular weight excluding hydrogens is 537 g/mol. The van der Waals surface area contributed by atoms with Crippen LogP contribution >= 0.6 is 0 Å². The SMILES string of the molecule is COc1ncnc(OC)c1-n1c(NS(=O)(=O)[C@H]2C[C@H](OC)CN(c3ncc(F)cn3)C2)nnc1[C@@H]1CCCO1. The van der Waals surface area contributed by atoms with E-state index in [4.69, 9.17) is 18.9 Å². The quantitative estimate of drug-likeness (QED) is 0.389. The molecule has 0 aromatic carbocycles. The zero-order valence-corrected chi connectivity index (χ0v) is 22.3. The summed E-state index contributed by atoms with van der Waals surface area (Å²) in [6, 6.07) is 0. The number of halogens is 1. The minimum atomic E-state index is -4.10. The highest BCUT2D eigenvalue weighted by molar-refractivity contribution is 7.93. The number of methoxy groups -OCH3 is 3. The number of rotatable bonds is 9. The van der Waals surface area contributed by atoms with Crippen LogP contribution in [0.25, 0.3) is 5.69 Å². The summed E-state index contributed by atoms with van der Waals surface area (Å²) >= 11 is 0. The number of anilines is 2. The van der Waals surface area contributed by atoms with Gasteiger partial charge in [0, 0.05) is 26.8 Å². The molecule has 210 valence electrons. The van der Waals surface area contributed by atoms with Gasteiger partial charge < -0.3 is 23.8 Å². The van der Waals surface area contributed by atoms with Crippen molar-refractivity contribution in [2.45, 2.75) is 36.7 Å². The van der Waals surface area contributed by atoms with Gasteiger partial charge in [0.1, 0.15) is 17.7 Å². The fourth-order valence-electron chi connectivity index (χ4n) is 4.66. The van der Waals surface area contributed by atoms with E-state index in [2.05, 4.69) is 34.9 Å². The van der Waals surface area contributed by atoms with Gasteiger partial charge in [-0.1, -0.05) is 0 Å². The smallest absolute Gasteiger partial charge is 0.245 e. The van der Waals surface area contributed by atoms with Gasteiger partial charge in [0.25, 0.3) is 0 Å². The van der Waals surface area contributed by atoms with Crippen LogP contribution in [0.4, 0.5) is 16.3 Å². The minimum Gasteiger partial charge on any atom is -0.479 e. The Morgan fingerprint density at radius 3 is 2.38 bits per heavy atom. The minimum absolute atomic E-state index is 0.0364. The Hall–Kier alpha value is -3.70. The number of ether oxygens (including phenoxy) is 4. The number of sulfonamides is 1. The van der Waals surface area contributed by atoms with Crippen LogP contribution in [-0.2, 0) is 19.5 Å². The highest BCUT2D eigenvalue weighted by Gasteiger charge is 2.39. The predicted molar refractivity (Wildman–Crippen MR) is 134 cm³/mol. The van der Waals surface area contributed by atoms with Crippen molar-refractivity contribution in [3.63, 3.8) is 0 Å². The van der Waals surface area contributed by atoms with Crippen molar-refractivity contribution >= 4 is 21.9 Å². The summed E-state index contributed by atoms with van der Waals surface area (Å²) < 4.78 is 67.2. The van der Waals surface area contributed by atoms with Gasteiger partial charge in [0.05, 0.1) is 32.7 Å². The second kappa shape index (κ2) is 11.2. The van der Waals surface area contributed by atoms with Crippen LogP contribution in [0.15, 0.2) is 18.7 Å². The molecule has 0 unspecified atom stereocenters. The number of piperidine rings is 1. The van der Waals surface area contributed by atoms with Gasteiger partial charge in [-0.05, 0) is 19.3 Å². The molecule has 3 aromatic heterocycles. The molecule has 15 nitrogen and oxygen atoms in total. The number of hydrogen-bond donors (Lipinski definition) is 1. The number of nitrogens with one attached hydrogen (secondary N) is 1. The predicted octanol–water partition coefficient (Wildman–Crippen LogP) is 0.891. The highest BCUT2D eigenvalue weighted by atomic mass is 32.2. The first-order valence-electron chi connectivity index (χ1n) is 12.1. The average Bonchev–Trinajstić information content (AvgIpc) is 3.62. The van der Waals surface area contributed by atoms with Crippen LogP contribution in [-0.4, -0.2) is 95.5 Å². The second-order valence-corrected chi connectivity index (χ2v) is 10.9. The van der Waals surface area contributed by atoms with Crippen molar-refractivity contribution in [1.29, 1.82) is 0 Å². The van der Waals surface area contributed by atoms with E-state index in [1.165, 1.54) is 32.2 Å². The molecule has 0 radical (unpaired) electrons. The van der Waals surface area contributed by atoms with E-state index in [1.54, 1.807) is 4.90 Å². The summed E-state index contributed by atoms with van der Waals surface area (Å²) in [4.78, 5) is 17.9. The van der Waals surface area contributed by atoms with E-state index >= 15 is 0 Å². The normalized spacial score (nSPS) is 21.6. The maximum absolute atomic E-state index is 13.8. The van der Waals surface area contributed by atoms with E-state index in [1.807, 2.05) is 0 Å². The van der Waals surface area contributed by atoms with Crippen molar-refractivity contribution in [2.75, 3.05) is 50.6 Å². The van der Waals surface area contributed by atoms with Crippen molar-refractivity contribution in [3.8, 4) is 17.4 Å². The van der Waals surface area contributed by atoms with Crippen molar-refractivity contribution in [3.05, 3.63) is 30.4 Å². The molecule has 0 bridgehead atoms. The molecular formula is C22H28FN9O6S. The Morgan fingerprint density at radius 1 is 1.05 bits per heavy atom. The largest absolute Gasteiger partial charge is 0.479 e. The Morgan fingerprint density at radius 2 is 1.77 bits per heavy atom. The van der Waals surface area contributed by atoms with E-state index in [0.717, 1.165) is 18.8 Å². The number of nitrogens with zero attached hydrogens (tertiary/aromatic N) is 8. The molecule has 2 aliphatic heterocycles. The van der Waals surface area contributed by atoms with Crippen molar-refractivity contribution < 1.29 is 31.8 Å². The number of hydrogen-bond acceptors (Lipinski definition) is 13. The van der Waals surface area contributed by atoms with E-state index in [0.29, 0.717) is 25.4 Å². The first kappa shape index (κ1) is 26.9. The molecule has 39 heavy (non-hydrogen) atoms. The van der Waals surface area contributed by atoms with Crippen LogP contribution in [0.5, 0.6) is 11.8 Å². The van der Waals surface area contributed by atoms with E-state index in [9.17, 15) is 12.8 Å². The molecule has 2 saturated heterocycles. The van der Waals surface area contributed by atoms with Crippen LogP contribution in [0.2, 0.25) is 0 Å². The molecule has 0 spiro atoms. The lowest BCUT2D eigenvalue weighted by Crippen LogP contribution is -2.51. The molecule has 0 aliphatic carbocycles. The maximum atomic E-state index is 13.8. The highest BCUT2D eigenvalue weighted by Crippen LogP contribution is 2.37. The standard InChI is InChI=1S/C22H28FN9O6S/c1-35-14-7-15(11-31(10-14)21-24-8-13(23)9-25-21)39(33,34)30-22-29-28-18(16-5-4-6-38-16)32(22)17-19(36-2)26-12-27-20(17)37-3/h8-9,12,14-16H,4-7,10-11H2,1-3H3,(H,29,30)/t14-,15-,16-/m0/s1. The van der Waals surface area contributed by atoms with Gasteiger partial charge in [-0.3, -0.25) is 9.29 Å². The molecule has 1 N–H and O–H groups in total. The average molecular weight is 566 g/mol. The van der Waals surface area contributed by atoms with E-state index in [-0.39, 0.29) is 42.3 Å². The topological polar surface area (TPSA) is 169 Å². The summed E-state index contributed by atoms with van der Waals surface area (Å²) in [6.07, 6.45) is 4.09. The molecule has 2 aliphatic rings. The molecule has 5 rings (SSSR count). The lowest BCUT2D eigenvalue weighted by Gasteiger charge is -2.36. The molecule has 0 saturated carbocycles. The lowest BCUT2D eigenvalue weighted by molar-refractivity contribution is 0.0898. The van der Waals surface area contributed by atoms with Crippen molar-refractivity contribution in [1.82, 2.24) is 34.7 Å². The van der Waals surface area contributed by atoms with Crippen LogP contribution in [0.3, 0.4) is 0 Å². The van der Waals surface area contributed by atoms with Gasteiger partial charge in [-0.2, -0.15) is 9.97 Å². The van der Waals surface area contributed by atoms with E-state index < -0.39 is 33.3 Å². The Balaban J connectivity index is 1.52. The lowest BCUT2D eigenvalue weighted by atomic mass is 10.1. The second-order valence-electron chi connectivity index (χ2n) is 8.93. The van der Waals surface area contributed by atoms with Crippen LogP contribution in [0.1, 0.15) is 31.2 Å². The summed E-state index contributed by atoms with van der Waals surface area (Å²) in [5.41, 5.74) is 0.218.